The minimum absolute atomic E-state index is 0.0317. The Kier molecular flexibility index (Phi) is 8.76. The first kappa shape index (κ1) is 33.5. The number of fused-ring (bicyclic) bond motifs is 1. The van der Waals surface area contributed by atoms with Gasteiger partial charge in [-0.05, 0) is 123 Å². The van der Waals surface area contributed by atoms with E-state index in [-0.39, 0.29) is 75.6 Å². The molecule has 308 valence electrons. The molecule has 0 radical (unpaired) electrons. The second kappa shape index (κ2) is 16.0. The minimum atomic E-state index is -0.451. The van der Waals surface area contributed by atoms with Gasteiger partial charge in [0, 0.05) is 22.9 Å². The van der Waals surface area contributed by atoms with Crippen LogP contribution in [-0.2, 0) is 10.8 Å². The summed E-state index contributed by atoms with van der Waals surface area (Å²) in [4.78, 5) is 10.1. The van der Waals surface area contributed by atoms with Gasteiger partial charge in [-0.2, -0.15) is 0 Å². The normalized spacial score (nSPS) is 13.8. The van der Waals surface area contributed by atoms with Crippen molar-refractivity contribution in [2.75, 3.05) is 0 Å². The topological polar surface area (TPSA) is 50.9 Å². The van der Waals surface area contributed by atoms with E-state index in [0.29, 0.717) is 22.5 Å². The van der Waals surface area contributed by atoms with Crippen molar-refractivity contribution in [3.8, 4) is 67.5 Å². The molecule has 2 heterocycles. The molecule has 0 saturated carbocycles. The molecule has 0 saturated heterocycles. The fraction of sp³-hybridized carbons (Fsp3) is 0.263. The molecule has 2 aromatic heterocycles. The van der Waals surface area contributed by atoms with Gasteiger partial charge in [0.1, 0.15) is 11.6 Å². The number of hydrogen-bond acceptors (Lipinski definition) is 3. The van der Waals surface area contributed by atoms with Gasteiger partial charge < -0.3 is 5.11 Å². The third-order valence-electron chi connectivity index (χ3n) is 11.5. The summed E-state index contributed by atoms with van der Waals surface area (Å²) >= 11 is 0. The maximum atomic E-state index is 12.3. The lowest BCUT2D eigenvalue weighted by Crippen LogP contribution is -2.12. The van der Waals surface area contributed by atoms with E-state index in [1.165, 1.54) is 12.5 Å². The second-order valence-corrected chi connectivity index (χ2v) is 18.9. The molecule has 8 aromatic rings. The highest BCUT2D eigenvalue weighted by Gasteiger charge is 2.27. The van der Waals surface area contributed by atoms with Crippen molar-refractivity contribution >= 4 is 11.0 Å². The zero-order chi connectivity index (χ0) is 49.5. The number of pyridine rings is 1. The average molecular weight is 809 g/mol. The van der Waals surface area contributed by atoms with Gasteiger partial charge in [0.15, 0.2) is 0 Å². The van der Waals surface area contributed by atoms with Crippen molar-refractivity contribution < 1.29 is 14.7 Å². The Morgan fingerprint density at radius 2 is 1.31 bits per heavy atom. The maximum absolute atomic E-state index is 12.3. The molecule has 6 aromatic carbocycles. The van der Waals surface area contributed by atoms with E-state index in [1.54, 1.807) is 0 Å². The average Bonchev–Trinajstić information content (AvgIpc) is 3.68. The van der Waals surface area contributed by atoms with Crippen molar-refractivity contribution in [3.05, 3.63) is 167 Å². The van der Waals surface area contributed by atoms with Gasteiger partial charge in [-0.3, -0.25) is 9.55 Å². The van der Waals surface area contributed by atoms with Crippen LogP contribution in [0.4, 0.5) is 0 Å². The van der Waals surface area contributed by atoms with Gasteiger partial charge in [0.2, 0.25) is 0 Å². The first-order valence-corrected chi connectivity index (χ1v) is 21.2. The van der Waals surface area contributed by atoms with Crippen LogP contribution in [0.25, 0.3) is 72.7 Å². The van der Waals surface area contributed by atoms with Gasteiger partial charge >= 0.3 is 0 Å². The molecule has 4 nitrogen and oxygen atoms in total. The molecule has 61 heavy (non-hydrogen) atoms. The number of para-hydroxylation sites is 1. The lowest BCUT2D eigenvalue weighted by molar-refractivity contribution is 0.466. The number of aromatic hydroxyl groups is 1. The van der Waals surface area contributed by atoms with Gasteiger partial charge in [-0.25, -0.2) is 4.98 Å². The van der Waals surface area contributed by atoms with Crippen LogP contribution in [0.15, 0.2) is 139 Å². The molecule has 0 aliphatic heterocycles. The summed E-state index contributed by atoms with van der Waals surface area (Å²) in [7, 11) is 0. The Hall–Kier alpha value is -6.26. The molecular formula is C57H59N3O. The Bertz CT molecular complexity index is 3280. The first-order valence-electron chi connectivity index (χ1n) is 24.7. The van der Waals surface area contributed by atoms with Crippen LogP contribution in [0.1, 0.15) is 118 Å². The highest BCUT2D eigenvalue weighted by molar-refractivity contribution is 5.98. The first-order chi connectivity index (χ1) is 31.9. The van der Waals surface area contributed by atoms with E-state index in [1.807, 2.05) is 42.5 Å². The third-order valence-corrected chi connectivity index (χ3v) is 11.5. The number of rotatable bonds is 8. The monoisotopic (exact) mass is 809 g/mol. The summed E-state index contributed by atoms with van der Waals surface area (Å²) in [5.41, 5.74) is 10.3. The van der Waals surface area contributed by atoms with Crippen LogP contribution in [0.2, 0.25) is 0 Å². The minimum Gasteiger partial charge on any atom is -0.507 e. The fourth-order valence-electron chi connectivity index (χ4n) is 7.86. The summed E-state index contributed by atoms with van der Waals surface area (Å²) in [6.07, 6.45) is -0.451. The maximum Gasteiger partial charge on any atom is 0.149 e. The van der Waals surface area contributed by atoms with Crippen LogP contribution in [0, 0.1) is 6.92 Å². The Labute approximate surface area is 372 Å². The van der Waals surface area contributed by atoms with Crippen LogP contribution >= 0.6 is 0 Å². The SMILES string of the molecule is [2H]c1nc(-c2cc(-c3cccc4c3nc(-c3cc(C(C)C)cc(C(C)C)c3O)n4-c3ccc(C(C)(C)C)cc3-c3ccccc3)cc(C(C)(C)C)c2)c([2H])c(-c2c([2H])c([2H])c(C)c([2H])c2[2H])c1[2H]. The van der Waals surface area contributed by atoms with Crippen LogP contribution in [-0.4, -0.2) is 19.6 Å². The van der Waals surface area contributed by atoms with Gasteiger partial charge in [-0.1, -0.05) is 160 Å². The van der Waals surface area contributed by atoms with E-state index in [0.717, 1.165) is 50.1 Å². The molecule has 0 amide bonds. The molecule has 0 spiro atoms. The number of phenols is 1. The Balaban J connectivity index is 1.48. The fourth-order valence-corrected chi connectivity index (χ4v) is 7.86. The van der Waals surface area contributed by atoms with Crippen LogP contribution < -0.4 is 0 Å². The number of hydrogen-bond donors (Lipinski definition) is 1. The second-order valence-electron chi connectivity index (χ2n) is 18.9. The quantitative estimate of drug-likeness (QED) is 0.166. The van der Waals surface area contributed by atoms with Crippen molar-refractivity contribution in [1.29, 1.82) is 0 Å². The van der Waals surface area contributed by atoms with E-state index in [9.17, 15) is 6.48 Å². The third kappa shape index (κ3) is 8.16. The molecule has 1 N–H and O–H groups in total. The lowest BCUT2D eigenvalue weighted by Gasteiger charge is -2.23. The van der Waals surface area contributed by atoms with Crippen molar-refractivity contribution in [1.82, 2.24) is 14.5 Å². The van der Waals surface area contributed by atoms with Gasteiger partial charge in [0.05, 0.1) is 37.6 Å². The summed E-state index contributed by atoms with van der Waals surface area (Å²) in [6, 6.07) is 31.1. The van der Waals surface area contributed by atoms with E-state index < -0.39 is 17.6 Å². The van der Waals surface area contributed by atoms with Crippen LogP contribution in [0.3, 0.4) is 0 Å². The van der Waals surface area contributed by atoms with Crippen molar-refractivity contribution in [2.45, 2.75) is 98.8 Å². The van der Waals surface area contributed by atoms with E-state index in [4.69, 9.17) is 13.2 Å². The number of imidazole rings is 1. The molecular weight excluding hydrogens is 743 g/mol. The number of aromatic nitrogens is 3. The predicted molar refractivity (Wildman–Crippen MR) is 258 cm³/mol. The molecule has 8 rings (SSSR count). The summed E-state index contributed by atoms with van der Waals surface area (Å²) in [6.45, 7) is 22.9. The standard InChI is InChI=1S/C57H59N3O/c1-35(2)41-31-47(36(3)4)54(61)49(32-41)55-59-53-46(18-15-19-52(53)60(55)51-25-24-44(56(6,7)8)34-48(51)39-16-13-12-14-17-39)42-28-43(30-45(29-42)57(9,10)11)50-33-40(26-27-58-50)38-22-20-37(5)21-23-38/h12-36,61H,1-11H3/i20D,21D,22D,23D,26D,27D,33D. The van der Waals surface area contributed by atoms with Gasteiger partial charge in [-0.15, -0.1) is 0 Å². The number of nitrogens with zero attached hydrogens (tertiary/aromatic N) is 3. The van der Waals surface area contributed by atoms with Gasteiger partial charge in [0.25, 0.3) is 0 Å². The zero-order valence-electron chi connectivity index (χ0n) is 44.2. The lowest BCUT2D eigenvalue weighted by atomic mass is 9.83. The molecule has 4 heteroatoms. The van der Waals surface area contributed by atoms with E-state index in [2.05, 4.69) is 133 Å². The summed E-state index contributed by atoms with van der Waals surface area (Å²) < 4.78 is 64.3. The number of benzene rings is 6. The number of phenolic OH excluding ortho intramolecular Hbond substituents is 1. The molecule has 0 fully saturated rings. The molecule has 0 aliphatic carbocycles. The van der Waals surface area contributed by atoms with Crippen LogP contribution in [0.5, 0.6) is 5.75 Å². The zero-order valence-corrected chi connectivity index (χ0v) is 37.2. The van der Waals surface area contributed by atoms with E-state index >= 15 is 0 Å². The smallest absolute Gasteiger partial charge is 0.149 e. The summed E-state index contributed by atoms with van der Waals surface area (Å²) in [5.74, 6) is 0.953. The summed E-state index contributed by atoms with van der Waals surface area (Å²) in [5, 5.41) is 12.3. The Morgan fingerprint density at radius 1 is 0.607 bits per heavy atom. The van der Waals surface area contributed by atoms with Crippen molar-refractivity contribution in [3.63, 3.8) is 0 Å². The largest absolute Gasteiger partial charge is 0.507 e. The predicted octanol–water partition coefficient (Wildman–Crippen LogP) is 15.6. The highest BCUT2D eigenvalue weighted by atomic mass is 16.3. The highest BCUT2D eigenvalue weighted by Crippen LogP contribution is 2.45. The molecule has 0 bridgehead atoms. The molecule has 0 atom stereocenters. The Morgan fingerprint density at radius 3 is 1.98 bits per heavy atom. The molecule has 0 unspecified atom stereocenters. The molecule has 0 aliphatic rings. The van der Waals surface area contributed by atoms with Crippen molar-refractivity contribution in [2.24, 2.45) is 0 Å².